The van der Waals surface area contributed by atoms with E-state index in [0.717, 1.165) is 37.7 Å². The molecule has 116 valence electrons. The molecule has 1 aromatic carbocycles. The summed E-state index contributed by atoms with van der Waals surface area (Å²) in [5.74, 6) is 1.26. The van der Waals surface area contributed by atoms with E-state index in [1.54, 1.807) is 0 Å². The van der Waals surface area contributed by atoms with Crippen LogP contribution in [0.3, 0.4) is 0 Å². The Labute approximate surface area is 125 Å². The zero-order chi connectivity index (χ0) is 14.8. The largest absolute Gasteiger partial charge is 0.392 e. The van der Waals surface area contributed by atoms with Gasteiger partial charge < -0.3 is 20.1 Å². The summed E-state index contributed by atoms with van der Waals surface area (Å²) in [4.78, 5) is 0. The molecule has 21 heavy (non-hydrogen) atoms. The van der Waals surface area contributed by atoms with E-state index in [1.165, 1.54) is 17.5 Å². The highest BCUT2D eigenvalue weighted by atomic mass is 16.7. The third kappa shape index (κ3) is 3.46. The summed E-state index contributed by atoms with van der Waals surface area (Å²) < 4.78 is 5.12. The van der Waals surface area contributed by atoms with E-state index >= 15 is 0 Å². The quantitative estimate of drug-likeness (QED) is 0.739. The van der Waals surface area contributed by atoms with Crippen LogP contribution in [0, 0.1) is 11.8 Å². The van der Waals surface area contributed by atoms with E-state index in [-0.39, 0.29) is 12.7 Å². The molecule has 0 saturated heterocycles. The third-order valence-electron chi connectivity index (χ3n) is 5.13. The van der Waals surface area contributed by atoms with Gasteiger partial charge >= 0.3 is 0 Å². The van der Waals surface area contributed by atoms with E-state index in [2.05, 4.69) is 12.1 Å². The van der Waals surface area contributed by atoms with Gasteiger partial charge in [0.2, 0.25) is 0 Å². The zero-order valence-electron chi connectivity index (χ0n) is 12.2. The topological polar surface area (TPSA) is 69.9 Å². The second-order valence-electron chi connectivity index (χ2n) is 6.42. The molecular formula is C17H24O4. The Morgan fingerprint density at radius 2 is 1.95 bits per heavy atom. The molecule has 0 radical (unpaired) electrons. The minimum Gasteiger partial charge on any atom is -0.392 e. The smallest absolute Gasteiger partial charge is 0.266 e. The molecule has 0 amide bonds. The van der Waals surface area contributed by atoms with Gasteiger partial charge in [0.05, 0.1) is 12.7 Å². The molecule has 1 saturated carbocycles. The molecule has 0 bridgehead atoms. The van der Waals surface area contributed by atoms with Crippen LogP contribution in [0.4, 0.5) is 0 Å². The molecule has 0 spiro atoms. The van der Waals surface area contributed by atoms with Gasteiger partial charge in [-0.3, -0.25) is 0 Å². The van der Waals surface area contributed by atoms with Crippen molar-refractivity contribution >= 4 is 0 Å². The molecule has 3 atom stereocenters. The van der Waals surface area contributed by atoms with Gasteiger partial charge in [-0.05, 0) is 67.1 Å². The second-order valence-corrected chi connectivity index (χ2v) is 6.42. The van der Waals surface area contributed by atoms with Gasteiger partial charge in [-0.2, -0.15) is 0 Å². The fourth-order valence-corrected chi connectivity index (χ4v) is 4.04. The molecule has 0 aromatic heterocycles. The third-order valence-corrected chi connectivity index (χ3v) is 5.13. The summed E-state index contributed by atoms with van der Waals surface area (Å²) in [6.07, 6.45) is 6.32. The number of fused-ring (bicyclic) bond motifs is 1. The summed E-state index contributed by atoms with van der Waals surface area (Å²) in [5.41, 5.74) is 3.79. The number of aliphatic hydroxyl groups excluding tert-OH is 2. The van der Waals surface area contributed by atoms with E-state index in [9.17, 15) is 5.11 Å². The first-order chi connectivity index (χ1) is 10.2. The van der Waals surface area contributed by atoms with Crippen molar-refractivity contribution < 1.29 is 20.1 Å². The Morgan fingerprint density at radius 1 is 1.10 bits per heavy atom. The Morgan fingerprint density at radius 3 is 2.71 bits per heavy atom. The number of ether oxygens (including phenoxy) is 1. The first-order valence-electron chi connectivity index (χ1n) is 7.89. The fraction of sp³-hybridized carbons (Fsp3) is 0.647. The lowest BCUT2D eigenvalue weighted by molar-refractivity contribution is -0.255. The maximum absolute atomic E-state index is 9.27. The van der Waals surface area contributed by atoms with Crippen LogP contribution in [0.1, 0.15) is 42.4 Å². The molecule has 3 N–H and O–H groups in total. The SMILES string of the molecule is OCc1ccc2c(c1)CC(C1CCC(OC(O)O)C1)CC2. The Balaban J connectivity index is 1.63. The predicted molar refractivity (Wildman–Crippen MR) is 78.3 cm³/mol. The monoisotopic (exact) mass is 292 g/mol. The van der Waals surface area contributed by atoms with Gasteiger partial charge in [-0.15, -0.1) is 0 Å². The molecule has 1 fully saturated rings. The molecule has 0 heterocycles. The van der Waals surface area contributed by atoms with Crippen molar-refractivity contribution in [3.05, 3.63) is 34.9 Å². The van der Waals surface area contributed by atoms with Crippen LogP contribution in [-0.4, -0.2) is 27.9 Å². The predicted octanol–water partition coefficient (Wildman–Crippen LogP) is 1.74. The number of hydrogen-bond donors (Lipinski definition) is 3. The number of benzene rings is 1. The lowest BCUT2D eigenvalue weighted by Gasteiger charge is -2.29. The van der Waals surface area contributed by atoms with Crippen molar-refractivity contribution in [2.24, 2.45) is 11.8 Å². The van der Waals surface area contributed by atoms with Crippen LogP contribution in [0.2, 0.25) is 0 Å². The van der Waals surface area contributed by atoms with Crippen LogP contribution >= 0.6 is 0 Å². The molecule has 0 aliphatic heterocycles. The summed E-state index contributed by atoms with van der Waals surface area (Å²) in [7, 11) is 0. The molecule has 2 aliphatic carbocycles. The van der Waals surface area contributed by atoms with Crippen molar-refractivity contribution in [2.45, 2.75) is 57.7 Å². The Hall–Kier alpha value is -0.940. The molecular weight excluding hydrogens is 268 g/mol. The summed E-state index contributed by atoms with van der Waals surface area (Å²) >= 11 is 0. The summed E-state index contributed by atoms with van der Waals surface area (Å²) in [6.45, 7) is -1.54. The van der Waals surface area contributed by atoms with Crippen LogP contribution in [0.15, 0.2) is 18.2 Å². The Kier molecular flexibility index (Phi) is 4.60. The molecule has 2 aliphatic rings. The molecule has 4 nitrogen and oxygen atoms in total. The molecule has 1 aromatic rings. The number of aryl methyl sites for hydroxylation is 1. The highest BCUT2D eigenvalue weighted by molar-refractivity contribution is 5.34. The lowest BCUT2D eigenvalue weighted by Crippen LogP contribution is -2.23. The second kappa shape index (κ2) is 6.44. The minimum absolute atomic E-state index is 0.0137. The van der Waals surface area contributed by atoms with E-state index < -0.39 is 6.48 Å². The fourth-order valence-electron chi connectivity index (χ4n) is 4.04. The number of rotatable bonds is 4. The first-order valence-corrected chi connectivity index (χ1v) is 7.89. The van der Waals surface area contributed by atoms with Crippen LogP contribution in [0.5, 0.6) is 0 Å². The minimum atomic E-state index is -1.65. The highest BCUT2D eigenvalue weighted by Gasteiger charge is 2.33. The van der Waals surface area contributed by atoms with Gasteiger partial charge in [0, 0.05) is 0 Å². The van der Waals surface area contributed by atoms with E-state index in [0.29, 0.717) is 11.8 Å². The van der Waals surface area contributed by atoms with Gasteiger partial charge in [-0.25, -0.2) is 0 Å². The maximum atomic E-state index is 9.27. The Bertz CT molecular complexity index is 486. The summed E-state index contributed by atoms with van der Waals surface area (Å²) in [6, 6.07) is 6.31. The van der Waals surface area contributed by atoms with Gasteiger partial charge in [0.15, 0.2) is 0 Å². The average Bonchev–Trinajstić information content (AvgIpc) is 2.93. The van der Waals surface area contributed by atoms with Crippen molar-refractivity contribution in [1.82, 2.24) is 0 Å². The molecule has 3 rings (SSSR count). The molecule has 3 unspecified atom stereocenters. The van der Waals surface area contributed by atoms with Crippen molar-refractivity contribution in [1.29, 1.82) is 0 Å². The molecule has 4 heteroatoms. The van der Waals surface area contributed by atoms with Gasteiger partial charge in [0.25, 0.3) is 6.48 Å². The van der Waals surface area contributed by atoms with Crippen LogP contribution in [0.25, 0.3) is 0 Å². The average molecular weight is 292 g/mol. The number of hydrogen-bond acceptors (Lipinski definition) is 4. The summed E-state index contributed by atoms with van der Waals surface area (Å²) in [5, 5.41) is 27.1. The van der Waals surface area contributed by atoms with E-state index in [1.807, 2.05) is 6.07 Å². The van der Waals surface area contributed by atoms with Crippen molar-refractivity contribution in [3.63, 3.8) is 0 Å². The van der Waals surface area contributed by atoms with Crippen molar-refractivity contribution in [3.8, 4) is 0 Å². The van der Waals surface area contributed by atoms with Gasteiger partial charge in [-0.1, -0.05) is 18.2 Å². The highest BCUT2D eigenvalue weighted by Crippen LogP contribution is 2.40. The van der Waals surface area contributed by atoms with Gasteiger partial charge in [0.1, 0.15) is 0 Å². The lowest BCUT2D eigenvalue weighted by atomic mass is 9.76. The van der Waals surface area contributed by atoms with Crippen LogP contribution < -0.4 is 0 Å². The normalized spacial score (nSPS) is 28.9. The maximum Gasteiger partial charge on any atom is 0.266 e. The first kappa shape index (κ1) is 15.0. The number of aliphatic hydroxyl groups is 3. The van der Waals surface area contributed by atoms with E-state index in [4.69, 9.17) is 14.9 Å². The zero-order valence-corrected chi connectivity index (χ0v) is 12.2. The van der Waals surface area contributed by atoms with Crippen molar-refractivity contribution in [2.75, 3.05) is 0 Å². The standard InChI is InChI=1S/C17H24O4/c18-10-11-1-2-12-3-4-13(8-15(12)7-11)14-5-6-16(9-14)21-17(19)20/h1-2,7,13-14,16-20H,3-6,8-10H2. The van der Waals surface area contributed by atoms with Crippen LogP contribution in [-0.2, 0) is 24.2 Å².